The summed E-state index contributed by atoms with van der Waals surface area (Å²) in [5, 5.41) is 2.93. The zero-order chi connectivity index (χ0) is 20.9. The molecule has 0 spiro atoms. The normalized spacial score (nSPS) is 19.0. The summed E-state index contributed by atoms with van der Waals surface area (Å²) < 4.78 is 52.9. The number of nitrogens with zero attached hydrogens (tertiary/aromatic N) is 2. The Bertz CT molecular complexity index is 866. The molecule has 1 heterocycles. The van der Waals surface area contributed by atoms with Crippen LogP contribution in [0.1, 0.15) is 32.1 Å². The van der Waals surface area contributed by atoms with Gasteiger partial charge in [0.25, 0.3) is 0 Å². The summed E-state index contributed by atoms with van der Waals surface area (Å²) in [5.74, 6) is -2.34. The Hall–Kier alpha value is -1.84. The summed E-state index contributed by atoms with van der Waals surface area (Å²) in [5.41, 5.74) is 1.41. The van der Waals surface area contributed by atoms with Crippen LogP contribution in [0.25, 0.3) is 0 Å². The first-order valence-electron chi connectivity index (χ1n) is 9.98. The molecule has 1 saturated heterocycles. The molecule has 1 aliphatic heterocycles. The average molecular weight is 428 g/mol. The van der Waals surface area contributed by atoms with Crippen LogP contribution in [0.15, 0.2) is 34.7 Å². The first kappa shape index (κ1) is 21.9. The van der Waals surface area contributed by atoms with Crippen molar-refractivity contribution in [3.8, 4) is 0 Å². The van der Waals surface area contributed by atoms with Gasteiger partial charge < -0.3 is 5.32 Å². The Labute approximate surface area is 170 Å². The summed E-state index contributed by atoms with van der Waals surface area (Å²) in [6.07, 6.45) is 7.85. The first-order valence-corrected chi connectivity index (χ1v) is 11.4. The molecule has 3 rings (SSSR count). The quantitative estimate of drug-likeness (QED) is 0.678. The lowest BCUT2D eigenvalue weighted by atomic mass is 9.97. The van der Waals surface area contributed by atoms with Crippen LogP contribution in [0, 0.1) is 11.6 Å². The fraction of sp³-hybridized carbons (Fsp3) is 0.550. The predicted molar refractivity (Wildman–Crippen MR) is 106 cm³/mol. The number of hydrogen-bond acceptors (Lipinski definition) is 4. The number of nitrogens with one attached hydrogen (secondary N) is 1. The maximum atomic E-state index is 13.4. The van der Waals surface area contributed by atoms with Gasteiger partial charge in [-0.15, -0.1) is 0 Å². The molecule has 1 aromatic carbocycles. The number of piperazine rings is 1. The van der Waals surface area contributed by atoms with Crippen LogP contribution in [0.2, 0.25) is 0 Å². The van der Waals surface area contributed by atoms with E-state index in [9.17, 15) is 22.0 Å². The lowest BCUT2D eigenvalue weighted by molar-refractivity contribution is -0.122. The molecule has 1 N–H and O–H groups in total. The molecule has 9 heteroatoms. The Morgan fingerprint density at radius 1 is 1.07 bits per heavy atom. The van der Waals surface area contributed by atoms with Gasteiger partial charge >= 0.3 is 0 Å². The molecule has 160 valence electrons. The third-order valence-corrected chi connectivity index (χ3v) is 7.28. The SMILES string of the molecule is O=C(CN1CCN(S(=O)(=O)c2ccc(F)c(F)c2)CC1)NCCC1=CCCCC1. The zero-order valence-corrected chi connectivity index (χ0v) is 17.2. The fourth-order valence-corrected chi connectivity index (χ4v) is 5.10. The van der Waals surface area contributed by atoms with Crippen molar-refractivity contribution < 1.29 is 22.0 Å². The van der Waals surface area contributed by atoms with E-state index in [2.05, 4.69) is 11.4 Å². The number of hydrogen-bond donors (Lipinski definition) is 1. The number of carbonyl (C=O) groups is 1. The largest absolute Gasteiger partial charge is 0.355 e. The topological polar surface area (TPSA) is 69.7 Å². The van der Waals surface area contributed by atoms with Gasteiger partial charge in [0.2, 0.25) is 15.9 Å². The van der Waals surface area contributed by atoms with E-state index in [1.54, 1.807) is 0 Å². The van der Waals surface area contributed by atoms with E-state index in [-0.39, 0.29) is 30.4 Å². The molecular formula is C20H27F2N3O3S. The molecule has 1 aromatic rings. The predicted octanol–water partition coefficient (Wildman–Crippen LogP) is 2.28. The maximum absolute atomic E-state index is 13.4. The van der Waals surface area contributed by atoms with Crippen LogP contribution in [0.5, 0.6) is 0 Å². The minimum atomic E-state index is -3.89. The minimum absolute atomic E-state index is 0.0710. The number of benzene rings is 1. The molecule has 1 aliphatic carbocycles. The third kappa shape index (κ3) is 5.83. The molecule has 0 aromatic heterocycles. The third-order valence-electron chi connectivity index (χ3n) is 5.38. The Balaban J connectivity index is 1.44. The Kier molecular flexibility index (Phi) is 7.37. The molecule has 2 aliphatic rings. The second-order valence-electron chi connectivity index (χ2n) is 7.46. The number of allylic oxidation sites excluding steroid dienone is 1. The van der Waals surface area contributed by atoms with Crippen LogP contribution in [-0.2, 0) is 14.8 Å². The van der Waals surface area contributed by atoms with E-state index in [1.165, 1.54) is 22.7 Å². The van der Waals surface area contributed by atoms with E-state index in [4.69, 9.17) is 0 Å². The van der Waals surface area contributed by atoms with Crippen molar-refractivity contribution in [1.82, 2.24) is 14.5 Å². The standard InChI is InChI=1S/C20H27F2N3O3S/c21-18-7-6-17(14-19(18)22)29(27,28)25-12-10-24(11-13-25)15-20(26)23-9-8-16-4-2-1-3-5-16/h4,6-7,14H,1-3,5,8-13,15H2,(H,23,26). The first-order chi connectivity index (χ1) is 13.9. The van der Waals surface area contributed by atoms with Gasteiger partial charge in [0.05, 0.1) is 11.4 Å². The highest BCUT2D eigenvalue weighted by atomic mass is 32.2. The summed E-state index contributed by atoms with van der Waals surface area (Å²) in [7, 11) is -3.89. The van der Waals surface area contributed by atoms with Crippen LogP contribution in [-0.4, -0.2) is 62.8 Å². The molecule has 1 amide bonds. The van der Waals surface area contributed by atoms with Gasteiger partial charge in [0, 0.05) is 32.7 Å². The van der Waals surface area contributed by atoms with Crippen molar-refractivity contribution in [2.24, 2.45) is 0 Å². The van der Waals surface area contributed by atoms with Gasteiger partial charge in [-0.3, -0.25) is 9.69 Å². The summed E-state index contributed by atoms with van der Waals surface area (Å²) in [4.78, 5) is 13.8. The highest BCUT2D eigenvalue weighted by Gasteiger charge is 2.29. The van der Waals surface area contributed by atoms with E-state index in [0.29, 0.717) is 25.7 Å². The number of rotatable bonds is 7. The highest BCUT2D eigenvalue weighted by Crippen LogP contribution is 2.20. The molecule has 29 heavy (non-hydrogen) atoms. The van der Waals surface area contributed by atoms with Crippen molar-refractivity contribution in [3.05, 3.63) is 41.5 Å². The van der Waals surface area contributed by atoms with Crippen LogP contribution >= 0.6 is 0 Å². The molecule has 6 nitrogen and oxygen atoms in total. The fourth-order valence-electron chi connectivity index (χ4n) is 3.67. The summed E-state index contributed by atoms with van der Waals surface area (Å²) in [6.45, 7) is 2.04. The molecule has 0 atom stereocenters. The van der Waals surface area contributed by atoms with Crippen LogP contribution in [0.4, 0.5) is 8.78 Å². The van der Waals surface area contributed by atoms with Crippen LogP contribution < -0.4 is 5.32 Å². The van der Waals surface area contributed by atoms with E-state index < -0.39 is 21.7 Å². The average Bonchev–Trinajstić information content (AvgIpc) is 2.71. The molecule has 0 saturated carbocycles. The minimum Gasteiger partial charge on any atom is -0.355 e. The Morgan fingerprint density at radius 3 is 2.48 bits per heavy atom. The number of carbonyl (C=O) groups excluding carboxylic acids is 1. The maximum Gasteiger partial charge on any atom is 0.243 e. The second-order valence-corrected chi connectivity index (χ2v) is 9.40. The number of amides is 1. The monoisotopic (exact) mass is 427 g/mol. The van der Waals surface area contributed by atoms with E-state index >= 15 is 0 Å². The van der Waals surface area contributed by atoms with E-state index in [0.717, 1.165) is 31.4 Å². The summed E-state index contributed by atoms with van der Waals surface area (Å²) >= 11 is 0. The van der Waals surface area contributed by atoms with Crippen LogP contribution in [0.3, 0.4) is 0 Å². The highest BCUT2D eigenvalue weighted by molar-refractivity contribution is 7.89. The molecule has 0 bridgehead atoms. The van der Waals surface area contributed by atoms with Gasteiger partial charge in [-0.2, -0.15) is 4.31 Å². The van der Waals surface area contributed by atoms with Gasteiger partial charge in [-0.25, -0.2) is 17.2 Å². The Morgan fingerprint density at radius 2 is 1.83 bits per heavy atom. The van der Waals surface area contributed by atoms with Gasteiger partial charge in [0.1, 0.15) is 0 Å². The second kappa shape index (κ2) is 9.77. The van der Waals surface area contributed by atoms with E-state index in [1.807, 2.05) is 4.90 Å². The molecule has 0 unspecified atom stereocenters. The summed E-state index contributed by atoms with van der Waals surface area (Å²) in [6, 6.07) is 2.58. The molecular weight excluding hydrogens is 400 g/mol. The smallest absolute Gasteiger partial charge is 0.243 e. The number of sulfonamides is 1. The van der Waals surface area contributed by atoms with Crippen molar-refractivity contribution in [3.63, 3.8) is 0 Å². The lowest BCUT2D eigenvalue weighted by Crippen LogP contribution is -2.51. The zero-order valence-electron chi connectivity index (χ0n) is 16.4. The molecule has 1 fully saturated rings. The van der Waals surface area contributed by atoms with Crippen molar-refractivity contribution in [1.29, 1.82) is 0 Å². The number of halogens is 2. The lowest BCUT2D eigenvalue weighted by Gasteiger charge is -2.33. The van der Waals surface area contributed by atoms with Gasteiger partial charge in [-0.05, 0) is 50.3 Å². The van der Waals surface area contributed by atoms with Crippen molar-refractivity contribution in [2.75, 3.05) is 39.3 Å². The van der Waals surface area contributed by atoms with Gasteiger partial charge in [0.15, 0.2) is 11.6 Å². The van der Waals surface area contributed by atoms with Crippen molar-refractivity contribution in [2.45, 2.75) is 37.0 Å². The van der Waals surface area contributed by atoms with Crippen molar-refractivity contribution >= 4 is 15.9 Å². The van der Waals surface area contributed by atoms with Gasteiger partial charge in [-0.1, -0.05) is 11.6 Å². The molecule has 0 radical (unpaired) electrons.